The van der Waals surface area contributed by atoms with Gasteiger partial charge in [-0.05, 0) is 37.1 Å². The van der Waals surface area contributed by atoms with Gasteiger partial charge in [0, 0.05) is 20.2 Å². The molecule has 0 radical (unpaired) electrons. The number of amides is 1. The maximum Gasteiger partial charge on any atom is 0.324 e. The molecule has 1 heterocycles. The van der Waals surface area contributed by atoms with E-state index in [1.54, 1.807) is 0 Å². The summed E-state index contributed by atoms with van der Waals surface area (Å²) in [6, 6.07) is 3.38. The molecule has 1 fully saturated rings. The van der Waals surface area contributed by atoms with Gasteiger partial charge in [-0.1, -0.05) is 0 Å². The molecule has 1 aromatic carbocycles. The number of nitrogens with one attached hydrogen (secondary N) is 1. The van der Waals surface area contributed by atoms with Crippen molar-refractivity contribution in [3.05, 3.63) is 30.1 Å². The van der Waals surface area contributed by atoms with E-state index in [0.717, 1.165) is 28.6 Å². The topological polar surface area (TPSA) is 102 Å². The molecule has 0 bridgehead atoms. The SMILES string of the molecule is COCCNC(=O)COC(=O)[C@@H]1CCCN1S(=O)(=O)c1ccc(F)cc1. The number of hydrogen-bond donors (Lipinski definition) is 1. The van der Waals surface area contributed by atoms with Gasteiger partial charge in [0.2, 0.25) is 10.0 Å². The van der Waals surface area contributed by atoms with Gasteiger partial charge in [-0.25, -0.2) is 12.8 Å². The molecular weight excluding hydrogens is 367 g/mol. The highest BCUT2D eigenvalue weighted by molar-refractivity contribution is 7.89. The summed E-state index contributed by atoms with van der Waals surface area (Å²) < 4.78 is 49.1. The van der Waals surface area contributed by atoms with Crippen molar-refractivity contribution in [2.75, 3.05) is 33.4 Å². The van der Waals surface area contributed by atoms with Crippen LogP contribution in [0.2, 0.25) is 0 Å². The van der Waals surface area contributed by atoms with Crippen LogP contribution < -0.4 is 5.32 Å². The molecule has 26 heavy (non-hydrogen) atoms. The third-order valence-electron chi connectivity index (χ3n) is 3.87. The molecule has 0 saturated carbocycles. The molecule has 144 valence electrons. The number of sulfonamides is 1. The van der Waals surface area contributed by atoms with E-state index in [4.69, 9.17) is 9.47 Å². The fourth-order valence-electron chi connectivity index (χ4n) is 2.58. The fraction of sp³-hybridized carbons (Fsp3) is 0.500. The van der Waals surface area contributed by atoms with Crippen molar-refractivity contribution in [2.45, 2.75) is 23.8 Å². The first-order valence-corrected chi connectivity index (χ1v) is 9.50. The molecule has 1 atom stereocenters. The molecule has 0 aromatic heterocycles. The Morgan fingerprint density at radius 2 is 2.00 bits per heavy atom. The lowest BCUT2D eigenvalue weighted by Gasteiger charge is -2.22. The van der Waals surface area contributed by atoms with Gasteiger partial charge in [0.25, 0.3) is 5.91 Å². The number of nitrogens with zero attached hydrogens (tertiary/aromatic N) is 1. The van der Waals surface area contributed by atoms with E-state index in [0.29, 0.717) is 19.4 Å². The summed E-state index contributed by atoms with van der Waals surface area (Å²) in [6.07, 6.45) is 0.783. The molecule has 8 nitrogen and oxygen atoms in total. The standard InChI is InChI=1S/C16H21FN2O6S/c1-24-10-8-18-15(20)11-25-16(21)14-3-2-9-19(14)26(22,23)13-6-4-12(17)5-7-13/h4-7,14H,2-3,8-11H2,1H3,(H,18,20)/t14-/m0/s1. The number of hydrogen-bond acceptors (Lipinski definition) is 6. The average molecular weight is 388 g/mol. The van der Waals surface area contributed by atoms with E-state index < -0.39 is 40.4 Å². The number of ether oxygens (including phenoxy) is 2. The van der Waals surface area contributed by atoms with Crippen LogP contribution in [0.5, 0.6) is 0 Å². The Labute approximate surface area is 151 Å². The van der Waals surface area contributed by atoms with Gasteiger partial charge >= 0.3 is 5.97 Å². The van der Waals surface area contributed by atoms with Crippen molar-refractivity contribution >= 4 is 21.9 Å². The van der Waals surface area contributed by atoms with Crippen LogP contribution in [0.25, 0.3) is 0 Å². The van der Waals surface area contributed by atoms with Gasteiger partial charge in [0.1, 0.15) is 11.9 Å². The largest absolute Gasteiger partial charge is 0.454 e. The number of rotatable bonds is 8. The van der Waals surface area contributed by atoms with Crippen molar-refractivity contribution in [3.63, 3.8) is 0 Å². The van der Waals surface area contributed by atoms with Crippen LogP contribution >= 0.6 is 0 Å². The second kappa shape index (κ2) is 9.06. The molecule has 0 spiro atoms. The van der Waals surface area contributed by atoms with Crippen molar-refractivity contribution in [1.82, 2.24) is 9.62 Å². The Hall–Kier alpha value is -2.04. The molecule has 0 aliphatic carbocycles. The highest BCUT2D eigenvalue weighted by Gasteiger charge is 2.40. The summed E-state index contributed by atoms with van der Waals surface area (Å²) in [7, 11) is -2.47. The van der Waals surface area contributed by atoms with Crippen molar-refractivity contribution in [2.24, 2.45) is 0 Å². The normalized spacial score (nSPS) is 17.8. The van der Waals surface area contributed by atoms with Gasteiger partial charge in [0.05, 0.1) is 11.5 Å². The number of carbonyl (C=O) groups is 2. The molecule has 1 aliphatic rings. The number of esters is 1. The minimum atomic E-state index is -3.96. The van der Waals surface area contributed by atoms with Gasteiger partial charge in [-0.15, -0.1) is 0 Å². The van der Waals surface area contributed by atoms with E-state index in [1.165, 1.54) is 7.11 Å². The van der Waals surface area contributed by atoms with Crippen LogP contribution in [-0.4, -0.2) is 64.1 Å². The van der Waals surface area contributed by atoms with Gasteiger partial charge in [-0.3, -0.25) is 9.59 Å². The zero-order chi connectivity index (χ0) is 19.2. The molecule has 2 rings (SSSR count). The van der Waals surface area contributed by atoms with E-state index in [9.17, 15) is 22.4 Å². The van der Waals surface area contributed by atoms with Gasteiger partial charge < -0.3 is 14.8 Å². The first-order valence-electron chi connectivity index (χ1n) is 8.06. The van der Waals surface area contributed by atoms with Crippen LogP contribution in [0.3, 0.4) is 0 Å². The molecule has 10 heteroatoms. The highest BCUT2D eigenvalue weighted by Crippen LogP contribution is 2.27. The summed E-state index contributed by atoms with van der Waals surface area (Å²) in [5, 5.41) is 2.49. The Morgan fingerprint density at radius 1 is 1.31 bits per heavy atom. The summed E-state index contributed by atoms with van der Waals surface area (Å²) in [4.78, 5) is 23.7. The number of methoxy groups -OCH3 is 1. The van der Waals surface area contributed by atoms with Gasteiger partial charge in [0.15, 0.2) is 6.61 Å². The lowest BCUT2D eigenvalue weighted by atomic mass is 10.2. The quantitative estimate of drug-likeness (QED) is 0.507. The van der Waals surface area contributed by atoms with E-state index in [2.05, 4.69) is 5.32 Å². The highest BCUT2D eigenvalue weighted by atomic mass is 32.2. The third kappa shape index (κ3) is 4.99. The Balaban J connectivity index is 1.99. The molecule has 1 amide bonds. The monoisotopic (exact) mass is 388 g/mol. The zero-order valence-corrected chi connectivity index (χ0v) is 15.1. The van der Waals surface area contributed by atoms with Crippen LogP contribution in [0.15, 0.2) is 29.2 Å². The first kappa shape index (κ1) is 20.3. The number of halogens is 1. The molecule has 1 N–H and O–H groups in total. The third-order valence-corrected chi connectivity index (χ3v) is 5.79. The van der Waals surface area contributed by atoms with E-state index in [-0.39, 0.29) is 18.0 Å². The molecule has 0 unspecified atom stereocenters. The summed E-state index contributed by atoms with van der Waals surface area (Å²) in [6.45, 7) is 0.260. The van der Waals surface area contributed by atoms with E-state index in [1.807, 2.05) is 0 Å². The van der Waals surface area contributed by atoms with Crippen LogP contribution in [0, 0.1) is 5.82 Å². The first-order chi connectivity index (χ1) is 12.4. The number of benzene rings is 1. The van der Waals surface area contributed by atoms with Crippen LogP contribution in [0.1, 0.15) is 12.8 Å². The summed E-state index contributed by atoms with van der Waals surface area (Å²) in [5.74, 6) is -1.84. The molecular formula is C16H21FN2O6S. The maximum absolute atomic E-state index is 13.0. The second-order valence-electron chi connectivity index (χ2n) is 5.68. The lowest BCUT2D eigenvalue weighted by molar-refractivity contribution is -0.151. The predicted octanol–water partition coefficient (Wildman–Crippen LogP) is 0.285. The minimum Gasteiger partial charge on any atom is -0.454 e. The van der Waals surface area contributed by atoms with E-state index >= 15 is 0 Å². The Bertz CT molecular complexity index is 738. The zero-order valence-electron chi connectivity index (χ0n) is 14.3. The van der Waals surface area contributed by atoms with Crippen molar-refractivity contribution in [1.29, 1.82) is 0 Å². The molecule has 1 aromatic rings. The van der Waals surface area contributed by atoms with Crippen molar-refractivity contribution < 1.29 is 31.9 Å². The average Bonchev–Trinajstić information content (AvgIpc) is 3.11. The molecule has 1 saturated heterocycles. The van der Waals surface area contributed by atoms with Crippen LogP contribution in [0.4, 0.5) is 4.39 Å². The summed E-state index contributed by atoms with van der Waals surface area (Å²) >= 11 is 0. The predicted molar refractivity (Wildman–Crippen MR) is 89.2 cm³/mol. The fourth-order valence-corrected chi connectivity index (χ4v) is 4.23. The summed E-state index contributed by atoms with van der Waals surface area (Å²) in [5.41, 5.74) is 0. The van der Waals surface area contributed by atoms with Crippen molar-refractivity contribution in [3.8, 4) is 0 Å². The Morgan fingerprint density at radius 3 is 2.65 bits per heavy atom. The second-order valence-corrected chi connectivity index (χ2v) is 7.57. The Kier molecular flexibility index (Phi) is 7.06. The smallest absolute Gasteiger partial charge is 0.324 e. The number of carbonyl (C=O) groups excluding carboxylic acids is 2. The minimum absolute atomic E-state index is 0.101. The molecule has 1 aliphatic heterocycles. The maximum atomic E-state index is 13.0. The van der Waals surface area contributed by atoms with Gasteiger partial charge in [-0.2, -0.15) is 4.31 Å². The van der Waals surface area contributed by atoms with Crippen LogP contribution in [-0.2, 0) is 29.1 Å². The lowest BCUT2D eigenvalue weighted by Crippen LogP contribution is -2.42.